The molecule has 2 aromatic rings. The summed E-state index contributed by atoms with van der Waals surface area (Å²) in [6.07, 6.45) is 2.04. The van der Waals surface area contributed by atoms with Crippen LogP contribution < -0.4 is 5.32 Å². The summed E-state index contributed by atoms with van der Waals surface area (Å²) in [5.41, 5.74) is 1.27. The molecule has 1 heterocycles. The van der Waals surface area contributed by atoms with Crippen molar-refractivity contribution in [3.8, 4) is 0 Å². The molecule has 2 N–H and O–H groups in total. The summed E-state index contributed by atoms with van der Waals surface area (Å²) in [6, 6.07) is 6.09. The van der Waals surface area contributed by atoms with Crippen LogP contribution in [0, 0.1) is 10.1 Å². The van der Waals surface area contributed by atoms with Crippen molar-refractivity contribution in [1.82, 2.24) is 4.98 Å². The summed E-state index contributed by atoms with van der Waals surface area (Å²) in [5.74, 6) is -0.407. The minimum atomic E-state index is -0.458. The van der Waals surface area contributed by atoms with Gasteiger partial charge in [0.25, 0.3) is 11.6 Å². The van der Waals surface area contributed by atoms with Gasteiger partial charge >= 0.3 is 0 Å². The highest BCUT2D eigenvalue weighted by Gasteiger charge is 2.15. The van der Waals surface area contributed by atoms with E-state index in [9.17, 15) is 14.9 Å². The first-order valence-corrected chi connectivity index (χ1v) is 6.31. The molecule has 1 aromatic heterocycles. The highest BCUT2D eigenvalue weighted by molar-refractivity contribution is 6.31. The number of aromatic nitrogens is 1. The van der Waals surface area contributed by atoms with E-state index in [4.69, 9.17) is 11.6 Å². The van der Waals surface area contributed by atoms with Crippen LogP contribution >= 0.6 is 11.6 Å². The Morgan fingerprint density at radius 1 is 1.45 bits per heavy atom. The van der Waals surface area contributed by atoms with Crippen molar-refractivity contribution >= 4 is 28.9 Å². The summed E-state index contributed by atoms with van der Waals surface area (Å²) >= 11 is 5.71. The van der Waals surface area contributed by atoms with Gasteiger partial charge in [-0.1, -0.05) is 24.6 Å². The Morgan fingerprint density at radius 2 is 2.20 bits per heavy atom. The van der Waals surface area contributed by atoms with Crippen molar-refractivity contribution in [2.75, 3.05) is 5.32 Å². The molecule has 0 aliphatic heterocycles. The highest BCUT2D eigenvalue weighted by atomic mass is 35.5. The molecule has 2 rings (SSSR count). The van der Waals surface area contributed by atoms with Crippen molar-refractivity contribution in [2.45, 2.75) is 13.3 Å². The molecule has 104 valence electrons. The zero-order valence-corrected chi connectivity index (χ0v) is 11.4. The average Bonchev–Trinajstić information content (AvgIpc) is 2.85. The van der Waals surface area contributed by atoms with E-state index in [1.807, 2.05) is 6.92 Å². The molecule has 20 heavy (non-hydrogen) atoms. The third-order valence-corrected chi connectivity index (χ3v) is 3.03. The molecule has 0 bridgehead atoms. The SMILES string of the molecule is CCc1ccc(NC(=O)c2cc(Cl)c[nH]2)cc1[N+](=O)[O-]. The average molecular weight is 294 g/mol. The Hall–Kier alpha value is -2.34. The molecule has 0 atom stereocenters. The van der Waals surface area contributed by atoms with E-state index in [2.05, 4.69) is 10.3 Å². The lowest BCUT2D eigenvalue weighted by Crippen LogP contribution is -2.12. The Kier molecular flexibility index (Phi) is 4.05. The summed E-state index contributed by atoms with van der Waals surface area (Å²) in [7, 11) is 0. The molecule has 0 radical (unpaired) electrons. The van der Waals surface area contributed by atoms with Crippen molar-refractivity contribution in [3.05, 3.63) is 56.9 Å². The Morgan fingerprint density at radius 3 is 2.75 bits per heavy atom. The van der Waals surface area contributed by atoms with E-state index < -0.39 is 10.8 Å². The standard InChI is InChI=1S/C13H12ClN3O3/c1-2-8-3-4-10(6-12(8)17(19)20)16-13(18)11-5-9(14)7-15-11/h3-7,15H,2H2,1H3,(H,16,18). The summed E-state index contributed by atoms with van der Waals surface area (Å²) in [5, 5.41) is 14.0. The number of anilines is 1. The van der Waals surface area contributed by atoms with Gasteiger partial charge in [0.1, 0.15) is 5.69 Å². The van der Waals surface area contributed by atoms with Crippen molar-refractivity contribution < 1.29 is 9.72 Å². The number of nitrogens with zero attached hydrogens (tertiary/aromatic N) is 1. The number of aryl methyl sites for hydroxylation is 1. The second-order valence-electron chi connectivity index (χ2n) is 4.14. The number of nitro groups is 1. The first kappa shape index (κ1) is 14.1. The molecule has 6 nitrogen and oxygen atoms in total. The molecule has 0 aliphatic carbocycles. The predicted octanol–water partition coefficient (Wildman–Crippen LogP) is 3.39. The maximum absolute atomic E-state index is 11.9. The number of nitro benzene ring substituents is 1. The smallest absolute Gasteiger partial charge is 0.274 e. The van der Waals surface area contributed by atoms with Crippen LogP contribution in [-0.4, -0.2) is 15.8 Å². The molecule has 1 aromatic carbocycles. The normalized spacial score (nSPS) is 10.3. The van der Waals surface area contributed by atoms with Crippen molar-refractivity contribution in [2.24, 2.45) is 0 Å². The van der Waals surface area contributed by atoms with Gasteiger partial charge in [-0.05, 0) is 18.6 Å². The summed E-state index contributed by atoms with van der Waals surface area (Å²) < 4.78 is 0. The van der Waals surface area contributed by atoms with Crippen molar-refractivity contribution in [1.29, 1.82) is 0 Å². The Bertz CT molecular complexity index is 667. The minimum Gasteiger partial charge on any atom is -0.356 e. The quantitative estimate of drug-likeness (QED) is 0.669. The lowest BCUT2D eigenvalue weighted by molar-refractivity contribution is -0.385. The first-order valence-electron chi connectivity index (χ1n) is 5.94. The van der Waals surface area contributed by atoms with Gasteiger partial charge in [0.05, 0.1) is 9.95 Å². The predicted molar refractivity (Wildman–Crippen MR) is 76.2 cm³/mol. The molecular formula is C13H12ClN3O3. The number of nitrogens with one attached hydrogen (secondary N) is 2. The molecule has 0 fully saturated rings. The van der Waals surface area contributed by atoms with Gasteiger partial charge in [0.2, 0.25) is 0 Å². The van der Waals surface area contributed by atoms with Crippen LogP contribution in [0.25, 0.3) is 0 Å². The van der Waals surface area contributed by atoms with E-state index in [0.717, 1.165) is 0 Å². The van der Waals surface area contributed by atoms with Crippen LogP contribution in [-0.2, 0) is 6.42 Å². The molecular weight excluding hydrogens is 282 g/mol. The van der Waals surface area contributed by atoms with Crippen LogP contribution in [0.3, 0.4) is 0 Å². The number of amides is 1. The highest BCUT2D eigenvalue weighted by Crippen LogP contribution is 2.24. The second kappa shape index (κ2) is 5.75. The number of H-pyrrole nitrogens is 1. The van der Waals surface area contributed by atoms with Crippen LogP contribution in [0.15, 0.2) is 30.5 Å². The van der Waals surface area contributed by atoms with Crippen LogP contribution in [0.5, 0.6) is 0 Å². The first-order chi connectivity index (χ1) is 9.51. The Balaban J connectivity index is 2.23. The van der Waals surface area contributed by atoms with E-state index in [-0.39, 0.29) is 11.4 Å². The second-order valence-corrected chi connectivity index (χ2v) is 4.58. The van der Waals surface area contributed by atoms with Crippen LogP contribution in [0.4, 0.5) is 11.4 Å². The number of halogens is 1. The fourth-order valence-electron chi connectivity index (χ4n) is 1.81. The number of hydrogen-bond acceptors (Lipinski definition) is 3. The number of aromatic amines is 1. The lowest BCUT2D eigenvalue weighted by atomic mass is 10.1. The third-order valence-electron chi connectivity index (χ3n) is 2.81. The molecule has 7 heteroatoms. The summed E-state index contributed by atoms with van der Waals surface area (Å²) in [6.45, 7) is 1.83. The molecule has 0 unspecified atom stereocenters. The lowest BCUT2D eigenvalue weighted by Gasteiger charge is -2.06. The molecule has 0 aliphatic rings. The van der Waals surface area contributed by atoms with E-state index in [1.54, 1.807) is 12.1 Å². The molecule has 0 saturated heterocycles. The number of carbonyl (C=O) groups is 1. The minimum absolute atomic E-state index is 0.00480. The number of benzene rings is 1. The Labute approximate surface area is 119 Å². The molecule has 1 amide bonds. The number of rotatable bonds is 4. The largest absolute Gasteiger partial charge is 0.356 e. The van der Waals surface area contributed by atoms with E-state index in [1.165, 1.54) is 18.3 Å². The fraction of sp³-hybridized carbons (Fsp3) is 0.154. The van der Waals surface area contributed by atoms with E-state index in [0.29, 0.717) is 22.7 Å². The third kappa shape index (κ3) is 2.97. The van der Waals surface area contributed by atoms with Gasteiger partial charge < -0.3 is 10.3 Å². The van der Waals surface area contributed by atoms with Crippen LogP contribution in [0.1, 0.15) is 23.0 Å². The van der Waals surface area contributed by atoms with Gasteiger partial charge in [-0.3, -0.25) is 14.9 Å². The maximum Gasteiger partial charge on any atom is 0.274 e. The molecule has 0 spiro atoms. The topological polar surface area (TPSA) is 88.0 Å². The van der Waals surface area contributed by atoms with Gasteiger partial charge in [-0.15, -0.1) is 0 Å². The fourth-order valence-corrected chi connectivity index (χ4v) is 1.97. The monoisotopic (exact) mass is 293 g/mol. The molecule has 0 saturated carbocycles. The zero-order chi connectivity index (χ0) is 14.7. The number of hydrogen-bond donors (Lipinski definition) is 2. The zero-order valence-electron chi connectivity index (χ0n) is 10.6. The van der Waals surface area contributed by atoms with E-state index >= 15 is 0 Å². The van der Waals surface area contributed by atoms with Gasteiger partial charge in [0, 0.05) is 23.5 Å². The van der Waals surface area contributed by atoms with Gasteiger partial charge in [-0.25, -0.2) is 0 Å². The van der Waals surface area contributed by atoms with Gasteiger partial charge in [0.15, 0.2) is 0 Å². The maximum atomic E-state index is 11.9. The summed E-state index contributed by atoms with van der Waals surface area (Å²) in [4.78, 5) is 25.1. The van der Waals surface area contributed by atoms with Crippen LogP contribution in [0.2, 0.25) is 5.02 Å². The van der Waals surface area contributed by atoms with Crippen molar-refractivity contribution in [3.63, 3.8) is 0 Å². The van der Waals surface area contributed by atoms with Gasteiger partial charge in [-0.2, -0.15) is 0 Å². The number of carbonyl (C=O) groups excluding carboxylic acids is 1.